The van der Waals surface area contributed by atoms with E-state index in [1.165, 1.54) is 17.9 Å². The second-order valence-electron chi connectivity index (χ2n) is 2.98. The summed E-state index contributed by atoms with van der Waals surface area (Å²) in [6.07, 6.45) is 3.32. The number of aromatic nitrogens is 2. The van der Waals surface area contributed by atoms with E-state index in [1.807, 2.05) is 4.90 Å². The smallest absolute Gasteiger partial charge is 0.240 e. The molecule has 2 N–H and O–H groups in total. The van der Waals surface area contributed by atoms with Crippen LogP contribution in [-0.4, -0.2) is 27.9 Å². The molecule has 0 aromatic carbocycles. The first-order chi connectivity index (χ1) is 6.29. The Hall–Kier alpha value is -1.17. The van der Waals surface area contributed by atoms with Gasteiger partial charge in [-0.2, -0.15) is 4.37 Å². The van der Waals surface area contributed by atoms with Gasteiger partial charge >= 0.3 is 0 Å². The third-order valence-electron chi connectivity index (χ3n) is 2.18. The zero-order chi connectivity index (χ0) is 9.26. The van der Waals surface area contributed by atoms with E-state index in [0.717, 1.165) is 24.5 Å². The predicted octanol–water partition coefficient (Wildman–Crippen LogP) is -0.00780. The highest BCUT2D eigenvalue weighted by atomic mass is 32.1. The summed E-state index contributed by atoms with van der Waals surface area (Å²) in [6.45, 7) is 0.850. The van der Waals surface area contributed by atoms with Crippen LogP contribution >= 0.6 is 11.5 Å². The van der Waals surface area contributed by atoms with Crippen molar-refractivity contribution in [2.24, 2.45) is 5.73 Å². The highest BCUT2D eigenvalue weighted by Crippen LogP contribution is 2.25. The molecule has 2 rings (SSSR count). The first-order valence-corrected chi connectivity index (χ1v) is 4.89. The Labute approximate surface area is 79.7 Å². The molecule has 0 radical (unpaired) electrons. The maximum absolute atomic E-state index is 11.0. The summed E-state index contributed by atoms with van der Waals surface area (Å²) < 4.78 is 3.90. The van der Waals surface area contributed by atoms with Gasteiger partial charge in [-0.05, 0) is 12.8 Å². The minimum Gasteiger partial charge on any atom is -0.368 e. The number of carbonyl (C=O) groups excluding carboxylic acids is 1. The Morgan fingerprint density at radius 1 is 1.77 bits per heavy atom. The Kier molecular flexibility index (Phi) is 2.13. The largest absolute Gasteiger partial charge is 0.368 e. The van der Waals surface area contributed by atoms with E-state index in [4.69, 9.17) is 5.73 Å². The van der Waals surface area contributed by atoms with Crippen molar-refractivity contribution >= 4 is 22.6 Å². The zero-order valence-electron chi connectivity index (χ0n) is 7.01. The molecule has 13 heavy (non-hydrogen) atoms. The van der Waals surface area contributed by atoms with Crippen molar-refractivity contribution in [2.45, 2.75) is 18.9 Å². The zero-order valence-corrected chi connectivity index (χ0v) is 7.83. The number of anilines is 1. The molecule has 0 spiro atoms. The van der Waals surface area contributed by atoms with Gasteiger partial charge in [0, 0.05) is 18.1 Å². The molecule has 0 unspecified atom stereocenters. The first-order valence-electron chi connectivity index (χ1n) is 4.11. The number of carbonyl (C=O) groups is 1. The lowest BCUT2D eigenvalue weighted by Crippen LogP contribution is -2.40. The van der Waals surface area contributed by atoms with Crippen LogP contribution in [0.1, 0.15) is 12.8 Å². The predicted molar refractivity (Wildman–Crippen MR) is 49.5 cm³/mol. The van der Waals surface area contributed by atoms with Crippen LogP contribution < -0.4 is 10.6 Å². The molecule has 1 fully saturated rings. The summed E-state index contributed by atoms with van der Waals surface area (Å²) in [5.41, 5.74) is 5.27. The van der Waals surface area contributed by atoms with Gasteiger partial charge in [-0.3, -0.25) is 4.79 Å². The summed E-state index contributed by atoms with van der Waals surface area (Å²) >= 11 is 1.30. The molecule has 1 amide bonds. The minimum absolute atomic E-state index is 0.187. The Bertz CT molecular complexity index is 299. The topological polar surface area (TPSA) is 72.1 Å². The molecule has 1 aliphatic heterocycles. The van der Waals surface area contributed by atoms with Gasteiger partial charge in [0.15, 0.2) is 0 Å². The lowest BCUT2D eigenvalue weighted by Gasteiger charge is -2.19. The average Bonchev–Trinajstić information content (AvgIpc) is 2.74. The van der Waals surface area contributed by atoms with Crippen LogP contribution in [0.3, 0.4) is 0 Å². The molecule has 1 aliphatic rings. The van der Waals surface area contributed by atoms with Crippen molar-refractivity contribution in [2.75, 3.05) is 11.4 Å². The monoisotopic (exact) mass is 198 g/mol. The molecular weight excluding hydrogens is 188 g/mol. The van der Waals surface area contributed by atoms with Gasteiger partial charge < -0.3 is 10.6 Å². The molecule has 0 aliphatic carbocycles. The van der Waals surface area contributed by atoms with Crippen molar-refractivity contribution in [1.82, 2.24) is 9.36 Å². The molecular formula is C7H10N4OS. The quantitative estimate of drug-likeness (QED) is 0.725. The fourth-order valence-corrected chi connectivity index (χ4v) is 2.19. The van der Waals surface area contributed by atoms with Crippen molar-refractivity contribution in [3.8, 4) is 0 Å². The van der Waals surface area contributed by atoms with E-state index >= 15 is 0 Å². The first kappa shape index (κ1) is 8.43. The molecule has 1 atom stereocenters. The molecule has 5 nitrogen and oxygen atoms in total. The number of hydrogen-bond donors (Lipinski definition) is 1. The molecule has 1 aromatic heterocycles. The maximum atomic E-state index is 11.0. The SMILES string of the molecule is NC(=O)[C@H]1CCCN1c1ncns1. The molecule has 0 bridgehead atoms. The van der Waals surface area contributed by atoms with E-state index in [2.05, 4.69) is 9.36 Å². The Balaban J connectivity index is 2.19. The number of amides is 1. The van der Waals surface area contributed by atoms with Crippen molar-refractivity contribution in [3.05, 3.63) is 6.33 Å². The molecule has 1 aromatic rings. The third kappa shape index (κ3) is 1.49. The van der Waals surface area contributed by atoms with Gasteiger partial charge in [-0.25, -0.2) is 4.98 Å². The number of rotatable bonds is 2. The summed E-state index contributed by atoms with van der Waals surface area (Å²) in [6, 6.07) is -0.187. The van der Waals surface area contributed by atoms with E-state index in [1.54, 1.807) is 0 Å². The summed E-state index contributed by atoms with van der Waals surface area (Å²) in [7, 11) is 0. The third-order valence-corrected chi connectivity index (χ3v) is 2.88. The van der Waals surface area contributed by atoms with Gasteiger partial charge in [0.05, 0.1) is 0 Å². The van der Waals surface area contributed by atoms with Gasteiger partial charge in [-0.15, -0.1) is 0 Å². The number of hydrogen-bond acceptors (Lipinski definition) is 5. The maximum Gasteiger partial charge on any atom is 0.240 e. The van der Waals surface area contributed by atoms with Crippen LogP contribution in [0.4, 0.5) is 5.13 Å². The van der Waals surface area contributed by atoms with E-state index < -0.39 is 0 Å². The molecule has 1 saturated heterocycles. The van der Waals surface area contributed by atoms with Crippen LogP contribution in [0, 0.1) is 0 Å². The van der Waals surface area contributed by atoms with Crippen molar-refractivity contribution in [1.29, 1.82) is 0 Å². The van der Waals surface area contributed by atoms with E-state index in [0.29, 0.717) is 0 Å². The standard InChI is InChI=1S/C7H10N4OS/c8-6(12)5-2-1-3-11(5)7-9-4-10-13-7/h4-5H,1-3H2,(H2,8,12)/t5-/m1/s1. The van der Waals surface area contributed by atoms with Gasteiger partial charge in [0.1, 0.15) is 12.4 Å². The van der Waals surface area contributed by atoms with Crippen LogP contribution in [0.15, 0.2) is 6.33 Å². The van der Waals surface area contributed by atoms with Gasteiger partial charge in [0.25, 0.3) is 0 Å². The van der Waals surface area contributed by atoms with E-state index in [9.17, 15) is 4.79 Å². The molecule has 2 heterocycles. The van der Waals surface area contributed by atoms with Crippen molar-refractivity contribution in [3.63, 3.8) is 0 Å². The normalized spacial score (nSPS) is 22.2. The summed E-state index contributed by atoms with van der Waals surface area (Å²) in [4.78, 5) is 17.0. The number of primary amides is 1. The second kappa shape index (κ2) is 3.29. The van der Waals surface area contributed by atoms with Crippen LogP contribution in [0.25, 0.3) is 0 Å². The second-order valence-corrected chi connectivity index (χ2v) is 3.74. The Morgan fingerprint density at radius 2 is 2.62 bits per heavy atom. The molecule has 70 valence electrons. The lowest BCUT2D eigenvalue weighted by molar-refractivity contribution is -0.119. The van der Waals surface area contributed by atoms with Crippen molar-refractivity contribution < 1.29 is 4.79 Å². The van der Waals surface area contributed by atoms with Crippen LogP contribution in [0.5, 0.6) is 0 Å². The van der Waals surface area contributed by atoms with Gasteiger partial charge in [0.2, 0.25) is 11.0 Å². The molecule has 0 saturated carbocycles. The van der Waals surface area contributed by atoms with Gasteiger partial charge in [-0.1, -0.05) is 0 Å². The fourth-order valence-electron chi connectivity index (χ4n) is 1.59. The number of nitrogens with two attached hydrogens (primary N) is 1. The van der Waals surface area contributed by atoms with E-state index in [-0.39, 0.29) is 11.9 Å². The summed E-state index contributed by atoms with van der Waals surface area (Å²) in [5, 5.41) is 0.793. The van der Waals surface area contributed by atoms with Crippen LogP contribution in [-0.2, 0) is 4.79 Å². The van der Waals surface area contributed by atoms with Crippen LogP contribution in [0.2, 0.25) is 0 Å². The molecule has 6 heteroatoms. The minimum atomic E-state index is -0.271. The fraction of sp³-hybridized carbons (Fsp3) is 0.571. The highest BCUT2D eigenvalue weighted by molar-refractivity contribution is 7.09. The Morgan fingerprint density at radius 3 is 3.23 bits per heavy atom. The average molecular weight is 198 g/mol. The lowest BCUT2D eigenvalue weighted by atomic mass is 10.2. The number of nitrogens with zero attached hydrogens (tertiary/aromatic N) is 3. The highest BCUT2D eigenvalue weighted by Gasteiger charge is 2.30. The summed E-state index contributed by atoms with van der Waals surface area (Å²) in [5.74, 6) is -0.271.